The van der Waals surface area contributed by atoms with Gasteiger partial charge in [-0.25, -0.2) is 4.39 Å². The molecule has 3 N–H and O–H groups in total. The van der Waals surface area contributed by atoms with Gasteiger partial charge in [0, 0.05) is 25.7 Å². The summed E-state index contributed by atoms with van der Waals surface area (Å²) in [4.78, 5) is 2.32. The third-order valence-electron chi connectivity index (χ3n) is 4.24. The first kappa shape index (κ1) is 15.4. The summed E-state index contributed by atoms with van der Waals surface area (Å²) in [6.07, 6.45) is 6.23. The Morgan fingerprint density at radius 2 is 1.95 bits per heavy atom. The number of nitrogens with two attached hydrogens (primary N) is 1. The molecule has 20 heavy (non-hydrogen) atoms. The van der Waals surface area contributed by atoms with Crippen LogP contribution in [0, 0.1) is 5.82 Å². The van der Waals surface area contributed by atoms with Crippen molar-refractivity contribution in [3.8, 4) is 0 Å². The maximum absolute atomic E-state index is 13.3. The van der Waals surface area contributed by atoms with Gasteiger partial charge < -0.3 is 10.8 Å². The van der Waals surface area contributed by atoms with E-state index in [1.807, 2.05) is 6.07 Å². The predicted molar refractivity (Wildman–Crippen MR) is 78.7 cm³/mol. The number of rotatable bonds is 6. The Morgan fingerprint density at radius 3 is 2.60 bits per heavy atom. The van der Waals surface area contributed by atoms with Crippen molar-refractivity contribution < 1.29 is 9.50 Å². The number of hydrogen-bond donors (Lipinski definition) is 2. The Hall–Kier alpha value is -0.970. The predicted octanol–water partition coefficient (Wildman–Crippen LogP) is 2.41. The second kappa shape index (κ2) is 7.72. The minimum Gasteiger partial charge on any atom is -0.395 e. The Balaban J connectivity index is 2.10. The monoisotopic (exact) mass is 280 g/mol. The number of aliphatic hydroxyl groups excluding tert-OH is 1. The summed E-state index contributed by atoms with van der Waals surface area (Å²) in [5.74, 6) is -0.236. The number of aliphatic hydroxyl groups is 1. The number of nitrogens with zero attached hydrogens (tertiary/aromatic N) is 1. The van der Waals surface area contributed by atoms with Crippen molar-refractivity contribution in [1.29, 1.82) is 0 Å². The van der Waals surface area contributed by atoms with Crippen LogP contribution in [-0.4, -0.2) is 29.2 Å². The van der Waals surface area contributed by atoms with Crippen LogP contribution in [0.15, 0.2) is 18.2 Å². The molecule has 1 fully saturated rings. The lowest BCUT2D eigenvalue weighted by Gasteiger charge is -2.34. The van der Waals surface area contributed by atoms with Crippen LogP contribution in [0.4, 0.5) is 4.39 Å². The van der Waals surface area contributed by atoms with Gasteiger partial charge in [0.1, 0.15) is 5.82 Å². The van der Waals surface area contributed by atoms with Crippen molar-refractivity contribution >= 4 is 0 Å². The van der Waals surface area contributed by atoms with Crippen LogP contribution in [0.25, 0.3) is 0 Å². The molecule has 0 aliphatic heterocycles. The topological polar surface area (TPSA) is 49.5 Å². The van der Waals surface area contributed by atoms with E-state index < -0.39 is 0 Å². The molecule has 1 aromatic rings. The van der Waals surface area contributed by atoms with Gasteiger partial charge in [-0.2, -0.15) is 0 Å². The lowest BCUT2D eigenvalue weighted by molar-refractivity contribution is 0.117. The lowest BCUT2D eigenvalue weighted by Crippen LogP contribution is -2.38. The molecule has 1 aromatic carbocycles. The first-order valence-electron chi connectivity index (χ1n) is 7.57. The van der Waals surface area contributed by atoms with E-state index in [-0.39, 0.29) is 12.4 Å². The molecule has 112 valence electrons. The summed E-state index contributed by atoms with van der Waals surface area (Å²) in [6, 6.07) is 5.37. The van der Waals surface area contributed by atoms with Crippen LogP contribution in [0.1, 0.15) is 43.2 Å². The molecule has 1 aliphatic rings. The van der Waals surface area contributed by atoms with Gasteiger partial charge in [-0.3, -0.25) is 4.90 Å². The Bertz CT molecular complexity index is 419. The third kappa shape index (κ3) is 4.01. The highest BCUT2D eigenvalue weighted by Crippen LogP contribution is 2.24. The van der Waals surface area contributed by atoms with E-state index in [0.29, 0.717) is 19.1 Å². The fraction of sp³-hybridized carbons (Fsp3) is 0.625. The van der Waals surface area contributed by atoms with Gasteiger partial charge in [0.15, 0.2) is 0 Å². The zero-order valence-corrected chi connectivity index (χ0v) is 12.0. The minimum atomic E-state index is -0.236. The molecule has 0 bridgehead atoms. The molecule has 0 aromatic heterocycles. The van der Waals surface area contributed by atoms with Crippen LogP contribution in [0.3, 0.4) is 0 Å². The third-order valence-corrected chi connectivity index (χ3v) is 4.24. The summed E-state index contributed by atoms with van der Waals surface area (Å²) >= 11 is 0. The summed E-state index contributed by atoms with van der Waals surface area (Å²) in [7, 11) is 0. The maximum Gasteiger partial charge on any atom is 0.123 e. The zero-order chi connectivity index (χ0) is 14.4. The molecule has 4 heteroatoms. The van der Waals surface area contributed by atoms with Crippen molar-refractivity contribution in [2.45, 2.75) is 51.2 Å². The van der Waals surface area contributed by atoms with Gasteiger partial charge in [-0.05, 0) is 36.1 Å². The summed E-state index contributed by atoms with van der Waals surface area (Å²) in [5.41, 5.74) is 7.65. The number of halogens is 1. The van der Waals surface area contributed by atoms with Gasteiger partial charge in [-0.1, -0.05) is 25.3 Å². The van der Waals surface area contributed by atoms with Gasteiger partial charge in [0.05, 0.1) is 6.61 Å². The van der Waals surface area contributed by atoms with Gasteiger partial charge in [-0.15, -0.1) is 0 Å². The first-order valence-corrected chi connectivity index (χ1v) is 7.57. The van der Waals surface area contributed by atoms with Gasteiger partial charge in [0.25, 0.3) is 0 Å². The van der Waals surface area contributed by atoms with Crippen molar-refractivity contribution in [1.82, 2.24) is 4.90 Å². The second-order valence-electron chi connectivity index (χ2n) is 5.60. The summed E-state index contributed by atoms with van der Waals surface area (Å²) in [6.45, 7) is 1.93. The smallest absolute Gasteiger partial charge is 0.123 e. The van der Waals surface area contributed by atoms with E-state index in [0.717, 1.165) is 17.7 Å². The van der Waals surface area contributed by atoms with Crippen LogP contribution < -0.4 is 5.73 Å². The fourth-order valence-corrected chi connectivity index (χ4v) is 3.12. The Labute approximate surface area is 120 Å². The highest BCUT2D eigenvalue weighted by molar-refractivity contribution is 5.27. The van der Waals surface area contributed by atoms with Crippen molar-refractivity contribution in [2.24, 2.45) is 5.73 Å². The molecule has 1 saturated carbocycles. The largest absolute Gasteiger partial charge is 0.395 e. The number of benzene rings is 1. The molecule has 0 heterocycles. The van der Waals surface area contributed by atoms with E-state index in [9.17, 15) is 9.50 Å². The average Bonchev–Trinajstić information content (AvgIpc) is 2.49. The Morgan fingerprint density at radius 1 is 1.20 bits per heavy atom. The van der Waals surface area contributed by atoms with E-state index in [4.69, 9.17) is 5.73 Å². The Kier molecular flexibility index (Phi) is 5.95. The molecule has 0 spiro atoms. The highest BCUT2D eigenvalue weighted by Gasteiger charge is 2.21. The summed E-state index contributed by atoms with van der Waals surface area (Å²) in [5, 5.41) is 9.29. The maximum atomic E-state index is 13.3. The molecule has 1 aliphatic carbocycles. The molecular formula is C16H25FN2O. The fourth-order valence-electron chi connectivity index (χ4n) is 3.12. The van der Waals surface area contributed by atoms with Crippen LogP contribution >= 0.6 is 0 Å². The lowest BCUT2D eigenvalue weighted by atomic mass is 9.93. The zero-order valence-electron chi connectivity index (χ0n) is 12.0. The number of hydrogen-bond acceptors (Lipinski definition) is 3. The first-order chi connectivity index (χ1) is 9.74. The van der Waals surface area contributed by atoms with Crippen LogP contribution in [0.5, 0.6) is 0 Å². The quantitative estimate of drug-likeness (QED) is 0.841. The average molecular weight is 280 g/mol. The molecule has 0 unspecified atom stereocenters. The van der Waals surface area contributed by atoms with Crippen molar-refractivity contribution in [3.05, 3.63) is 35.1 Å². The van der Waals surface area contributed by atoms with Gasteiger partial charge >= 0.3 is 0 Å². The van der Waals surface area contributed by atoms with E-state index in [1.54, 1.807) is 0 Å². The van der Waals surface area contributed by atoms with Crippen molar-refractivity contribution in [2.75, 3.05) is 13.2 Å². The molecular weight excluding hydrogens is 255 g/mol. The molecule has 2 rings (SSSR count). The second-order valence-corrected chi connectivity index (χ2v) is 5.60. The van der Waals surface area contributed by atoms with E-state index in [1.165, 1.54) is 44.2 Å². The minimum absolute atomic E-state index is 0.162. The highest BCUT2D eigenvalue weighted by atomic mass is 19.1. The molecule has 3 nitrogen and oxygen atoms in total. The van der Waals surface area contributed by atoms with Crippen LogP contribution in [-0.2, 0) is 13.1 Å². The van der Waals surface area contributed by atoms with Gasteiger partial charge in [0.2, 0.25) is 0 Å². The standard InChI is InChI=1S/C16H25FN2O/c17-15-7-6-13(14(10-15)11-18)12-19(8-9-20)16-4-2-1-3-5-16/h6-7,10,16,20H,1-5,8-9,11-12,18H2. The van der Waals surface area contributed by atoms with Crippen molar-refractivity contribution in [3.63, 3.8) is 0 Å². The molecule has 0 amide bonds. The SMILES string of the molecule is NCc1cc(F)ccc1CN(CCO)C1CCCCC1. The van der Waals surface area contributed by atoms with E-state index >= 15 is 0 Å². The van der Waals surface area contributed by atoms with E-state index in [2.05, 4.69) is 4.90 Å². The molecule has 0 saturated heterocycles. The van der Waals surface area contributed by atoms with Crippen LogP contribution in [0.2, 0.25) is 0 Å². The normalized spacial score (nSPS) is 16.8. The summed E-state index contributed by atoms with van der Waals surface area (Å²) < 4.78 is 13.3. The molecule has 0 atom stereocenters. The molecule has 0 radical (unpaired) electrons.